The van der Waals surface area contributed by atoms with Crippen molar-refractivity contribution in [3.8, 4) is 5.75 Å². The maximum atomic E-state index is 11.5. The van der Waals surface area contributed by atoms with Crippen molar-refractivity contribution in [2.75, 3.05) is 36.6 Å². The van der Waals surface area contributed by atoms with Crippen LogP contribution in [-0.2, 0) is 9.84 Å². The Morgan fingerprint density at radius 2 is 1.90 bits per heavy atom. The van der Waals surface area contributed by atoms with E-state index in [0.717, 1.165) is 18.7 Å². The predicted octanol–water partition coefficient (Wildman–Crippen LogP) is 1.25. The fraction of sp³-hybridized carbons (Fsp3) is 0.667. The van der Waals surface area contributed by atoms with E-state index in [-0.39, 0.29) is 11.5 Å². The summed E-state index contributed by atoms with van der Waals surface area (Å²) in [7, 11) is -1.41. The fourth-order valence-electron chi connectivity index (χ4n) is 2.27. The maximum absolute atomic E-state index is 11.5. The van der Waals surface area contributed by atoms with Gasteiger partial charge in [0.25, 0.3) is 0 Å². The zero-order chi connectivity index (χ0) is 14.3. The molecule has 2 fully saturated rings. The Kier molecular flexibility index (Phi) is 3.50. The molecule has 2 heterocycles. The van der Waals surface area contributed by atoms with Gasteiger partial charge < -0.3 is 9.64 Å². The SMILES string of the molecule is COc1c(Cl)nc(C2CC2)nc1N1CCS(=O)(=O)CC1. The quantitative estimate of drug-likeness (QED) is 0.781. The van der Waals surface area contributed by atoms with Gasteiger partial charge in [0.1, 0.15) is 5.82 Å². The molecule has 2 aliphatic rings. The highest BCUT2D eigenvalue weighted by atomic mass is 35.5. The van der Waals surface area contributed by atoms with Gasteiger partial charge in [-0.1, -0.05) is 11.6 Å². The predicted molar refractivity (Wildman–Crippen MR) is 76.4 cm³/mol. The molecule has 1 aliphatic heterocycles. The van der Waals surface area contributed by atoms with Crippen LogP contribution in [0.4, 0.5) is 5.82 Å². The Hall–Kier alpha value is -1.08. The molecule has 0 aromatic carbocycles. The van der Waals surface area contributed by atoms with Crippen molar-refractivity contribution in [3.63, 3.8) is 0 Å². The van der Waals surface area contributed by atoms with E-state index in [9.17, 15) is 8.42 Å². The second-order valence-electron chi connectivity index (χ2n) is 5.14. The zero-order valence-corrected chi connectivity index (χ0v) is 12.7. The van der Waals surface area contributed by atoms with Crippen molar-refractivity contribution in [3.05, 3.63) is 11.0 Å². The van der Waals surface area contributed by atoms with Gasteiger partial charge in [-0.25, -0.2) is 18.4 Å². The van der Waals surface area contributed by atoms with Crippen LogP contribution in [0.25, 0.3) is 0 Å². The zero-order valence-electron chi connectivity index (χ0n) is 11.2. The summed E-state index contributed by atoms with van der Waals surface area (Å²) in [6, 6.07) is 0. The van der Waals surface area contributed by atoms with Gasteiger partial charge in [0.15, 0.2) is 26.6 Å². The normalized spacial score (nSPS) is 21.8. The Balaban J connectivity index is 1.94. The number of aromatic nitrogens is 2. The van der Waals surface area contributed by atoms with Crippen LogP contribution in [0.3, 0.4) is 0 Å². The molecule has 0 amide bonds. The van der Waals surface area contributed by atoms with Gasteiger partial charge in [-0.2, -0.15) is 0 Å². The largest absolute Gasteiger partial charge is 0.490 e. The molecule has 20 heavy (non-hydrogen) atoms. The molecule has 0 radical (unpaired) electrons. The minimum Gasteiger partial charge on any atom is -0.490 e. The van der Waals surface area contributed by atoms with Crippen molar-refractivity contribution < 1.29 is 13.2 Å². The van der Waals surface area contributed by atoms with E-state index in [4.69, 9.17) is 16.3 Å². The van der Waals surface area contributed by atoms with Gasteiger partial charge in [-0.3, -0.25) is 0 Å². The average Bonchev–Trinajstić information content (AvgIpc) is 3.22. The van der Waals surface area contributed by atoms with Crippen LogP contribution < -0.4 is 9.64 Å². The molecule has 1 aromatic heterocycles. The third-order valence-electron chi connectivity index (χ3n) is 3.61. The standard InChI is InChI=1S/C12H16ClN3O3S/c1-19-9-10(13)14-11(8-2-3-8)15-12(9)16-4-6-20(17,18)7-5-16/h8H,2-7H2,1H3. The molecule has 0 spiro atoms. The summed E-state index contributed by atoms with van der Waals surface area (Å²) in [4.78, 5) is 10.7. The Labute approximate surface area is 123 Å². The van der Waals surface area contributed by atoms with Gasteiger partial charge in [-0.15, -0.1) is 0 Å². The Bertz CT molecular complexity index is 617. The number of anilines is 1. The van der Waals surface area contributed by atoms with E-state index in [1.165, 1.54) is 7.11 Å². The first kappa shape index (κ1) is 13.9. The van der Waals surface area contributed by atoms with Crippen molar-refractivity contribution in [1.82, 2.24) is 9.97 Å². The van der Waals surface area contributed by atoms with Gasteiger partial charge in [0, 0.05) is 19.0 Å². The highest BCUT2D eigenvalue weighted by Gasteiger charge is 2.31. The lowest BCUT2D eigenvalue weighted by molar-refractivity contribution is 0.409. The summed E-state index contributed by atoms with van der Waals surface area (Å²) in [5.41, 5.74) is 0. The lowest BCUT2D eigenvalue weighted by Crippen LogP contribution is -2.41. The summed E-state index contributed by atoms with van der Waals surface area (Å²) < 4.78 is 28.3. The first-order chi connectivity index (χ1) is 9.50. The second kappa shape index (κ2) is 5.04. The van der Waals surface area contributed by atoms with E-state index in [0.29, 0.717) is 35.7 Å². The Morgan fingerprint density at radius 1 is 1.25 bits per heavy atom. The summed E-state index contributed by atoms with van der Waals surface area (Å²) in [5, 5.41) is 0.299. The van der Waals surface area contributed by atoms with E-state index in [2.05, 4.69) is 9.97 Å². The first-order valence-electron chi connectivity index (χ1n) is 6.57. The lowest BCUT2D eigenvalue weighted by atomic mass is 10.3. The smallest absolute Gasteiger partial charge is 0.199 e. The third-order valence-corrected chi connectivity index (χ3v) is 5.48. The fourth-order valence-corrected chi connectivity index (χ4v) is 3.72. The third kappa shape index (κ3) is 2.69. The van der Waals surface area contributed by atoms with Crippen LogP contribution in [0.1, 0.15) is 24.6 Å². The molecule has 3 rings (SSSR count). The minimum atomic E-state index is -2.93. The van der Waals surface area contributed by atoms with Crippen molar-refractivity contribution in [2.24, 2.45) is 0 Å². The summed E-state index contributed by atoms with van der Waals surface area (Å²) in [6.45, 7) is 0.826. The molecule has 110 valence electrons. The van der Waals surface area contributed by atoms with E-state index in [1.807, 2.05) is 4.90 Å². The minimum absolute atomic E-state index is 0.135. The number of ether oxygens (including phenoxy) is 1. The van der Waals surface area contributed by atoms with E-state index < -0.39 is 9.84 Å². The molecular formula is C12H16ClN3O3S. The van der Waals surface area contributed by atoms with Gasteiger partial charge >= 0.3 is 0 Å². The molecule has 0 bridgehead atoms. The molecule has 6 nitrogen and oxygen atoms in total. The monoisotopic (exact) mass is 317 g/mol. The van der Waals surface area contributed by atoms with Crippen LogP contribution in [0.5, 0.6) is 5.75 Å². The molecule has 0 N–H and O–H groups in total. The molecule has 0 atom stereocenters. The van der Waals surface area contributed by atoms with Crippen LogP contribution >= 0.6 is 11.6 Å². The summed E-state index contributed by atoms with van der Waals surface area (Å²) >= 11 is 6.16. The average molecular weight is 318 g/mol. The molecular weight excluding hydrogens is 302 g/mol. The highest BCUT2D eigenvalue weighted by molar-refractivity contribution is 7.91. The molecule has 1 saturated carbocycles. The van der Waals surface area contributed by atoms with Crippen LogP contribution in [0.2, 0.25) is 5.15 Å². The van der Waals surface area contributed by atoms with Crippen molar-refractivity contribution in [1.29, 1.82) is 0 Å². The lowest BCUT2D eigenvalue weighted by Gasteiger charge is -2.29. The van der Waals surface area contributed by atoms with Crippen molar-refractivity contribution >= 4 is 27.3 Å². The molecule has 1 aromatic rings. The number of halogens is 1. The number of hydrogen-bond acceptors (Lipinski definition) is 6. The van der Waals surface area contributed by atoms with Crippen LogP contribution in [-0.4, -0.2) is 50.1 Å². The van der Waals surface area contributed by atoms with Crippen molar-refractivity contribution in [2.45, 2.75) is 18.8 Å². The number of sulfone groups is 1. The highest BCUT2D eigenvalue weighted by Crippen LogP contribution is 2.42. The molecule has 8 heteroatoms. The number of hydrogen-bond donors (Lipinski definition) is 0. The number of nitrogens with zero attached hydrogens (tertiary/aromatic N) is 3. The molecule has 1 aliphatic carbocycles. The second-order valence-corrected chi connectivity index (χ2v) is 7.80. The topological polar surface area (TPSA) is 72.4 Å². The number of methoxy groups -OCH3 is 1. The van der Waals surface area contributed by atoms with E-state index >= 15 is 0 Å². The number of rotatable bonds is 3. The first-order valence-corrected chi connectivity index (χ1v) is 8.77. The van der Waals surface area contributed by atoms with Gasteiger partial charge in [-0.05, 0) is 12.8 Å². The van der Waals surface area contributed by atoms with Gasteiger partial charge in [0.05, 0.1) is 18.6 Å². The van der Waals surface area contributed by atoms with E-state index in [1.54, 1.807) is 0 Å². The summed E-state index contributed by atoms with van der Waals surface area (Å²) in [6.07, 6.45) is 2.16. The van der Waals surface area contributed by atoms with Gasteiger partial charge in [0.2, 0.25) is 0 Å². The maximum Gasteiger partial charge on any atom is 0.199 e. The molecule has 1 saturated heterocycles. The van der Waals surface area contributed by atoms with Crippen LogP contribution in [0, 0.1) is 0 Å². The summed E-state index contributed by atoms with van der Waals surface area (Å²) in [5.74, 6) is 2.43. The molecule has 0 unspecified atom stereocenters. The Morgan fingerprint density at radius 3 is 2.45 bits per heavy atom. The van der Waals surface area contributed by atoms with Crippen LogP contribution in [0.15, 0.2) is 0 Å².